The van der Waals surface area contributed by atoms with Gasteiger partial charge in [0.2, 0.25) is 5.78 Å². The van der Waals surface area contributed by atoms with Crippen LogP contribution in [0.5, 0.6) is 5.75 Å². The normalized spacial score (nSPS) is 18.4. The fraction of sp³-hybridized carbons (Fsp3) is 0.250. The van der Waals surface area contributed by atoms with Crippen LogP contribution in [-0.4, -0.2) is 24.6 Å². The van der Waals surface area contributed by atoms with Gasteiger partial charge in [-0.05, 0) is 35.0 Å². The van der Waals surface area contributed by atoms with Gasteiger partial charge in [-0.15, -0.1) is 0 Å². The van der Waals surface area contributed by atoms with Gasteiger partial charge in [-0.1, -0.05) is 6.07 Å². The summed E-state index contributed by atoms with van der Waals surface area (Å²) in [7, 11) is 0. The van der Waals surface area contributed by atoms with Crippen molar-refractivity contribution >= 4 is 33.2 Å². The summed E-state index contributed by atoms with van der Waals surface area (Å²) in [5.41, 5.74) is 0.389. The lowest BCUT2D eigenvalue weighted by Crippen LogP contribution is -2.35. The van der Waals surface area contributed by atoms with Gasteiger partial charge in [-0.2, -0.15) is 0 Å². The van der Waals surface area contributed by atoms with Crippen LogP contribution < -0.4 is 4.74 Å². The molecule has 88 valence electrons. The molecule has 0 fully saturated rings. The van der Waals surface area contributed by atoms with E-state index in [1.54, 1.807) is 31.1 Å². The fourth-order valence-corrected chi connectivity index (χ4v) is 2.16. The first kappa shape index (κ1) is 12.0. The largest absolute Gasteiger partial charge is 0.456 e. The summed E-state index contributed by atoms with van der Waals surface area (Å²) >= 11 is 3.28. The van der Waals surface area contributed by atoms with E-state index >= 15 is 0 Å². The number of hydrogen-bond acceptors (Lipinski definition) is 4. The quantitative estimate of drug-likeness (QED) is 0.619. The molecule has 0 saturated carbocycles. The molecule has 0 saturated heterocycles. The first-order valence-electron chi connectivity index (χ1n) is 5.05. The van der Waals surface area contributed by atoms with E-state index in [9.17, 15) is 9.59 Å². The summed E-state index contributed by atoms with van der Waals surface area (Å²) in [6.07, 6.45) is -1.06. The van der Waals surface area contributed by atoms with Crippen molar-refractivity contribution in [1.82, 2.24) is 0 Å². The summed E-state index contributed by atoms with van der Waals surface area (Å²) in [5.74, 6) is 1.61. The van der Waals surface area contributed by atoms with Crippen molar-refractivity contribution in [3.8, 4) is 5.75 Å². The molecule has 1 atom stereocenters. The minimum Gasteiger partial charge on any atom is -0.456 e. The zero-order chi connectivity index (χ0) is 12.4. The van der Waals surface area contributed by atoms with Crippen LogP contribution in [0, 0.1) is 0 Å². The van der Waals surface area contributed by atoms with Crippen molar-refractivity contribution < 1.29 is 19.1 Å². The van der Waals surface area contributed by atoms with Crippen molar-refractivity contribution in [3.05, 3.63) is 28.2 Å². The Balaban J connectivity index is 2.55. The van der Waals surface area contributed by atoms with Crippen LogP contribution in [0.4, 0.5) is 0 Å². The van der Waals surface area contributed by atoms with Crippen LogP contribution in [0.15, 0.2) is 22.7 Å². The Morgan fingerprint density at radius 3 is 2.94 bits per heavy atom. The second-order valence-electron chi connectivity index (χ2n) is 3.36. The van der Waals surface area contributed by atoms with E-state index in [2.05, 4.69) is 15.9 Å². The van der Waals surface area contributed by atoms with Crippen LogP contribution in [-0.2, 0) is 14.3 Å². The Labute approximate surface area is 106 Å². The monoisotopic (exact) mass is 296 g/mol. The number of ether oxygens (including phenoxy) is 2. The van der Waals surface area contributed by atoms with Crippen LogP contribution in [0.1, 0.15) is 12.5 Å². The molecule has 0 aromatic heterocycles. The maximum absolute atomic E-state index is 11.9. The van der Waals surface area contributed by atoms with Gasteiger partial charge in [0.05, 0.1) is 5.56 Å². The molecule has 1 aromatic carbocycles. The van der Waals surface area contributed by atoms with Gasteiger partial charge in [0.15, 0.2) is 0 Å². The zero-order valence-corrected chi connectivity index (χ0v) is 10.6. The summed E-state index contributed by atoms with van der Waals surface area (Å²) in [5, 5.41) is 0. The highest BCUT2D eigenvalue weighted by molar-refractivity contribution is 9.10. The Bertz CT molecular complexity index is 517. The SMILES string of the molecule is CCOC1Oc2cccc(Br)c2C(=C=O)C1=O. The third kappa shape index (κ3) is 2.05. The Hall–Kier alpha value is -1.42. The molecule has 17 heavy (non-hydrogen) atoms. The van der Waals surface area contributed by atoms with Crippen molar-refractivity contribution in [1.29, 1.82) is 0 Å². The lowest BCUT2D eigenvalue weighted by atomic mass is 9.99. The summed E-state index contributed by atoms with van der Waals surface area (Å²) in [6.45, 7) is 2.07. The van der Waals surface area contributed by atoms with Gasteiger partial charge < -0.3 is 9.47 Å². The molecular weight excluding hydrogens is 288 g/mol. The number of rotatable bonds is 2. The lowest BCUT2D eigenvalue weighted by molar-refractivity contribution is -0.144. The number of Topliss-reactive ketones (excluding diaryl/α,β-unsaturated/α-hetero) is 1. The fourth-order valence-electron chi connectivity index (χ4n) is 1.62. The number of hydrogen-bond donors (Lipinski definition) is 0. The minimum atomic E-state index is -1.06. The number of carbonyl (C=O) groups excluding carboxylic acids is 2. The number of ketones is 1. The molecular formula is C12H9BrO4. The molecule has 1 heterocycles. The Kier molecular flexibility index (Phi) is 3.43. The molecule has 0 bridgehead atoms. The number of benzene rings is 1. The third-order valence-corrected chi connectivity index (χ3v) is 3.00. The van der Waals surface area contributed by atoms with Gasteiger partial charge in [0.1, 0.15) is 17.3 Å². The van der Waals surface area contributed by atoms with E-state index in [0.717, 1.165) is 0 Å². The number of fused-ring (bicyclic) bond motifs is 1. The third-order valence-electron chi connectivity index (χ3n) is 2.34. The van der Waals surface area contributed by atoms with E-state index in [1.165, 1.54) is 0 Å². The predicted molar refractivity (Wildman–Crippen MR) is 64.3 cm³/mol. The smallest absolute Gasteiger partial charge is 0.265 e. The van der Waals surface area contributed by atoms with Crippen molar-refractivity contribution in [2.24, 2.45) is 0 Å². The van der Waals surface area contributed by atoms with Crippen LogP contribution >= 0.6 is 15.9 Å². The van der Waals surface area contributed by atoms with Crippen molar-refractivity contribution in [2.75, 3.05) is 6.61 Å². The molecule has 0 aliphatic carbocycles. The Morgan fingerprint density at radius 2 is 2.29 bits per heavy atom. The first-order chi connectivity index (χ1) is 8.19. The van der Waals surface area contributed by atoms with Gasteiger partial charge in [-0.25, -0.2) is 4.79 Å². The molecule has 0 radical (unpaired) electrons. The minimum absolute atomic E-state index is 0.0443. The average Bonchev–Trinajstić information content (AvgIpc) is 2.32. The van der Waals surface area contributed by atoms with Crippen LogP contribution in [0.3, 0.4) is 0 Å². The zero-order valence-electron chi connectivity index (χ0n) is 9.03. The molecule has 1 unspecified atom stereocenters. The highest BCUT2D eigenvalue weighted by Gasteiger charge is 2.35. The summed E-state index contributed by atoms with van der Waals surface area (Å²) in [6, 6.07) is 5.16. The highest BCUT2D eigenvalue weighted by Crippen LogP contribution is 2.37. The maximum Gasteiger partial charge on any atom is 0.265 e. The molecule has 0 amide bonds. The number of carbonyl (C=O) groups is 1. The van der Waals surface area contributed by atoms with Crippen molar-refractivity contribution in [2.45, 2.75) is 13.2 Å². The van der Waals surface area contributed by atoms with E-state index in [4.69, 9.17) is 9.47 Å². The standard InChI is InChI=1S/C12H9BrO4/c1-2-16-12-11(15)7(6-14)10-8(13)4-3-5-9(10)17-12/h3-5,12H,2H2,1H3. The molecule has 0 spiro atoms. The molecule has 2 rings (SSSR count). The topological polar surface area (TPSA) is 52.6 Å². The molecule has 5 heteroatoms. The van der Waals surface area contributed by atoms with Gasteiger partial charge in [0, 0.05) is 11.1 Å². The first-order valence-corrected chi connectivity index (χ1v) is 5.84. The van der Waals surface area contributed by atoms with Gasteiger partial charge in [0.25, 0.3) is 6.29 Å². The molecule has 4 nitrogen and oxygen atoms in total. The van der Waals surface area contributed by atoms with Crippen LogP contribution in [0.2, 0.25) is 0 Å². The molecule has 0 N–H and O–H groups in total. The van der Waals surface area contributed by atoms with E-state index in [-0.39, 0.29) is 5.57 Å². The van der Waals surface area contributed by atoms with Gasteiger partial charge in [-0.3, -0.25) is 4.79 Å². The predicted octanol–water partition coefficient (Wildman–Crippen LogP) is 1.99. The van der Waals surface area contributed by atoms with E-state index in [1.807, 2.05) is 0 Å². The second-order valence-corrected chi connectivity index (χ2v) is 4.21. The molecule has 1 aliphatic rings. The average molecular weight is 297 g/mol. The van der Waals surface area contributed by atoms with Crippen LogP contribution in [0.25, 0.3) is 5.57 Å². The lowest BCUT2D eigenvalue weighted by Gasteiger charge is -2.25. The summed E-state index contributed by atoms with van der Waals surface area (Å²) in [4.78, 5) is 22.8. The van der Waals surface area contributed by atoms with Crippen molar-refractivity contribution in [3.63, 3.8) is 0 Å². The summed E-state index contributed by atoms with van der Waals surface area (Å²) < 4.78 is 11.2. The second kappa shape index (κ2) is 4.84. The Morgan fingerprint density at radius 1 is 1.53 bits per heavy atom. The van der Waals surface area contributed by atoms with Gasteiger partial charge >= 0.3 is 0 Å². The van der Waals surface area contributed by atoms with E-state index in [0.29, 0.717) is 22.4 Å². The molecule has 1 aromatic rings. The maximum atomic E-state index is 11.9. The van der Waals surface area contributed by atoms with E-state index < -0.39 is 12.1 Å². The molecule has 1 aliphatic heterocycles. The number of halogens is 1. The highest BCUT2D eigenvalue weighted by atomic mass is 79.9.